The van der Waals surface area contributed by atoms with E-state index in [0.29, 0.717) is 17.9 Å². The lowest BCUT2D eigenvalue weighted by atomic mass is 9.99. The molecule has 3 amide bonds. The maximum absolute atomic E-state index is 14.2. The minimum Gasteiger partial charge on any atom is -0.395 e. The number of nitrogens with one attached hydrogen (secondary N) is 1. The van der Waals surface area contributed by atoms with Crippen LogP contribution in [0.15, 0.2) is 54.7 Å². The molecule has 0 saturated carbocycles. The van der Waals surface area contributed by atoms with Crippen LogP contribution >= 0.6 is 11.5 Å². The van der Waals surface area contributed by atoms with Crippen LogP contribution in [0.2, 0.25) is 0 Å². The maximum atomic E-state index is 14.2. The molecule has 0 radical (unpaired) electrons. The van der Waals surface area contributed by atoms with Crippen molar-refractivity contribution in [2.24, 2.45) is 5.73 Å². The number of methoxy groups -OCH3 is 1. The molecule has 0 fully saturated rings. The lowest BCUT2D eigenvalue weighted by molar-refractivity contribution is -0.122. The number of amides is 3. The van der Waals surface area contributed by atoms with Crippen LogP contribution in [0.25, 0.3) is 10.9 Å². The zero-order valence-electron chi connectivity index (χ0n) is 21.2. The quantitative estimate of drug-likeness (QED) is 0.280. The summed E-state index contributed by atoms with van der Waals surface area (Å²) in [5.74, 6) is -1.85. The molecule has 38 heavy (non-hydrogen) atoms. The van der Waals surface area contributed by atoms with Gasteiger partial charge in [-0.3, -0.25) is 24.3 Å². The molecule has 2 heterocycles. The Bertz CT molecular complexity index is 1520. The van der Waals surface area contributed by atoms with Crippen molar-refractivity contribution < 1.29 is 19.1 Å². The second-order valence-corrected chi connectivity index (χ2v) is 9.52. The molecule has 0 bridgehead atoms. The third-order valence-corrected chi connectivity index (χ3v) is 6.89. The number of pyridine rings is 1. The highest BCUT2D eigenvalue weighted by atomic mass is 32.1. The van der Waals surface area contributed by atoms with Gasteiger partial charge in [0.25, 0.3) is 11.8 Å². The van der Waals surface area contributed by atoms with Gasteiger partial charge in [-0.2, -0.15) is 4.37 Å². The number of ether oxygens (including phenoxy) is 1. The highest BCUT2D eigenvalue weighted by Crippen LogP contribution is 2.35. The third kappa shape index (κ3) is 5.34. The molecule has 11 heteroatoms. The van der Waals surface area contributed by atoms with Crippen LogP contribution in [0.3, 0.4) is 0 Å². The summed E-state index contributed by atoms with van der Waals surface area (Å²) in [5.41, 5.74) is 14.8. The van der Waals surface area contributed by atoms with Crippen LogP contribution in [0.5, 0.6) is 0 Å². The van der Waals surface area contributed by atoms with Crippen LogP contribution in [-0.2, 0) is 9.53 Å². The fourth-order valence-corrected chi connectivity index (χ4v) is 4.98. The Morgan fingerprint density at radius 3 is 2.61 bits per heavy atom. The van der Waals surface area contributed by atoms with Crippen LogP contribution in [0.1, 0.15) is 42.9 Å². The molecular weight excluding hydrogens is 504 g/mol. The Morgan fingerprint density at radius 1 is 1.13 bits per heavy atom. The van der Waals surface area contributed by atoms with E-state index in [9.17, 15) is 14.4 Å². The first-order valence-electron chi connectivity index (χ1n) is 11.8. The van der Waals surface area contributed by atoms with Crippen LogP contribution in [0, 0.1) is 13.8 Å². The Hall–Kier alpha value is -4.35. The third-order valence-electron chi connectivity index (χ3n) is 6.04. The fourth-order valence-electron chi connectivity index (χ4n) is 4.23. The number of nitrogens with two attached hydrogens (primary N) is 2. The number of nitrogen functional groups attached to an aromatic ring is 1. The summed E-state index contributed by atoms with van der Waals surface area (Å²) < 4.78 is 9.10. The van der Waals surface area contributed by atoms with Crippen molar-refractivity contribution in [1.29, 1.82) is 0 Å². The van der Waals surface area contributed by atoms with Gasteiger partial charge in [0, 0.05) is 30.9 Å². The molecule has 0 aliphatic carbocycles. The molecule has 0 aliphatic heterocycles. The molecular formula is C27H28N6O4S. The van der Waals surface area contributed by atoms with E-state index in [1.54, 1.807) is 30.5 Å². The normalized spacial score (nSPS) is 11.8. The first-order valence-corrected chi connectivity index (χ1v) is 12.6. The largest absolute Gasteiger partial charge is 0.395 e. The van der Waals surface area contributed by atoms with Gasteiger partial charge in [0.1, 0.15) is 10.9 Å². The summed E-state index contributed by atoms with van der Waals surface area (Å²) in [5, 5.41) is 3.67. The van der Waals surface area contributed by atoms with Gasteiger partial charge in [-0.25, -0.2) is 0 Å². The predicted octanol–water partition coefficient (Wildman–Crippen LogP) is 3.14. The van der Waals surface area contributed by atoms with E-state index in [1.807, 2.05) is 38.1 Å². The van der Waals surface area contributed by atoms with Gasteiger partial charge in [0.05, 0.1) is 17.8 Å². The average molecular weight is 533 g/mol. The SMILES string of the molecule is COCCNC(=O)[C@@H](c1ccc2ncccc2c1)N(C(=O)c1snc(C(N)=O)c1N)c1ccc(C)cc1C. The highest BCUT2D eigenvalue weighted by molar-refractivity contribution is 7.09. The summed E-state index contributed by atoms with van der Waals surface area (Å²) in [4.78, 5) is 45.6. The predicted molar refractivity (Wildman–Crippen MR) is 147 cm³/mol. The molecule has 2 aromatic carbocycles. The number of hydrogen-bond donors (Lipinski definition) is 3. The van der Waals surface area contributed by atoms with Crippen molar-refractivity contribution in [3.05, 3.63) is 82.0 Å². The summed E-state index contributed by atoms with van der Waals surface area (Å²) in [7, 11) is 1.54. The van der Waals surface area contributed by atoms with Gasteiger partial charge >= 0.3 is 0 Å². The zero-order valence-corrected chi connectivity index (χ0v) is 22.0. The molecule has 0 aliphatic rings. The molecule has 0 saturated heterocycles. The lowest BCUT2D eigenvalue weighted by Gasteiger charge is -2.32. The summed E-state index contributed by atoms with van der Waals surface area (Å²) in [6.07, 6.45) is 1.69. The first-order chi connectivity index (χ1) is 18.2. The number of carbonyl (C=O) groups excluding carboxylic acids is 3. The number of rotatable bonds is 9. The van der Waals surface area contributed by atoms with E-state index in [0.717, 1.165) is 33.6 Å². The number of anilines is 2. The summed E-state index contributed by atoms with van der Waals surface area (Å²) in [6.45, 7) is 4.33. The van der Waals surface area contributed by atoms with Gasteiger partial charge in [-0.05, 0) is 60.8 Å². The van der Waals surface area contributed by atoms with Crippen molar-refractivity contribution in [3.8, 4) is 0 Å². The van der Waals surface area contributed by atoms with Crippen LogP contribution < -0.4 is 21.7 Å². The first kappa shape index (κ1) is 26.7. The topological polar surface area (TPSA) is 154 Å². The second kappa shape index (κ2) is 11.4. The number of benzene rings is 2. The summed E-state index contributed by atoms with van der Waals surface area (Å²) >= 11 is 0.764. The minimum absolute atomic E-state index is 0.0101. The van der Waals surface area contributed by atoms with Gasteiger partial charge < -0.3 is 21.5 Å². The lowest BCUT2D eigenvalue weighted by Crippen LogP contribution is -2.45. The van der Waals surface area contributed by atoms with Crippen molar-refractivity contribution in [2.75, 3.05) is 30.9 Å². The van der Waals surface area contributed by atoms with Crippen LogP contribution in [0.4, 0.5) is 11.4 Å². The fraction of sp³-hybridized carbons (Fsp3) is 0.222. The smallest absolute Gasteiger partial charge is 0.273 e. The molecule has 1 atom stereocenters. The average Bonchev–Trinajstić information content (AvgIpc) is 3.28. The number of aromatic nitrogens is 2. The van der Waals surface area contributed by atoms with Crippen molar-refractivity contribution in [3.63, 3.8) is 0 Å². The van der Waals surface area contributed by atoms with E-state index in [2.05, 4.69) is 14.7 Å². The van der Waals surface area contributed by atoms with E-state index < -0.39 is 23.8 Å². The molecule has 5 N–H and O–H groups in total. The van der Waals surface area contributed by atoms with Crippen molar-refractivity contribution >= 4 is 51.5 Å². The van der Waals surface area contributed by atoms with Crippen molar-refractivity contribution in [1.82, 2.24) is 14.7 Å². The van der Waals surface area contributed by atoms with Gasteiger partial charge in [-0.15, -0.1) is 0 Å². The number of fused-ring (bicyclic) bond motifs is 1. The van der Waals surface area contributed by atoms with Gasteiger partial charge in [-0.1, -0.05) is 29.8 Å². The molecule has 4 rings (SSSR count). The zero-order chi connectivity index (χ0) is 27.4. The van der Waals surface area contributed by atoms with Gasteiger partial charge in [0.15, 0.2) is 5.69 Å². The summed E-state index contributed by atoms with van der Waals surface area (Å²) in [6, 6.07) is 13.6. The van der Waals surface area contributed by atoms with Crippen molar-refractivity contribution in [2.45, 2.75) is 19.9 Å². The molecule has 10 nitrogen and oxygen atoms in total. The Morgan fingerprint density at radius 2 is 1.92 bits per heavy atom. The van der Waals surface area contributed by atoms with Gasteiger partial charge in [0.2, 0.25) is 5.91 Å². The number of carbonyl (C=O) groups is 3. The molecule has 2 aromatic heterocycles. The standard InChI is InChI=1S/C27H28N6O4S/c1-15-6-9-20(16(2)13-15)33(27(36)24-21(28)22(25(29)34)32-38-24)23(26(35)31-11-12-37-3)18-7-8-19-17(14-18)5-4-10-30-19/h4-10,13-14,23H,11-12,28H2,1-3H3,(H2,29,34)(H,31,35)/t23-/m1/s1. The van der Waals surface area contributed by atoms with E-state index in [1.165, 1.54) is 12.0 Å². The Kier molecular flexibility index (Phi) is 7.99. The Balaban J connectivity index is 1.93. The number of nitrogens with zero attached hydrogens (tertiary/aromatic N) is 3. The molecule has 0 unspecified atom stereocenters. The molecule has 196 valence electrons. The minimum atomic E-state index is -1.09. The molecule has 0 spiro atoms. The number of aryl methyl sites for hydroxylation is 2. The second-order valence-electron chi connectivity index (χ2n) is 8.75. The maximum Gasteiger partial charge on any atom is 0.273 e. The number of hydrogen-bond acceptors (Lipinski definition) is 8. The van der Waals surface area contributed by atoms with E-state index in [4.69, 9.17) is 16.2 Å². The number of primary amides is 1. The molecule has 4 aromatic rings. The van der Waals surface area contributed by atoms with E-state index >= 15 is 0 Å². The monoisotopic (exact) mass is 532 g/mol. The Labute approximate surface area is 223 Å². The highest BCUT2D eigenvalue weighted by Gasteiger charge is 2.36. The van der Waals surface area contributed by atoms with Crippen LogP contribution in [-0.4, -0.2) is 47.3 Å². The van der Waals surface area contributed by atoms with E-state index in [-0.39, 0.29) is 22.8 Å².